The molecule has 0 unspecified atom stereocenters. The molecule has 5 aromatic rings. The van der Waals surface area contributed by atoms with Crippen LogP contribution in [-0.4, -0.2) is 38.8 Å². The SMILES string of the molecule is O=C(c1cccc(-c2nc(NCc3ccccn3)c3c(-c4ccccc4)cccc3n2)c1)N1CCCC1. The first-order valence-corrected chi connectivity index (χ1v) is 12.7. The number of pyridine rings is 1. The topological polar surface area (TPSA) is 71.0 Å². The molecule has 3 aromatic carbocycles. The molecule has 1 N–H and O–H groups in total. The number of aromatic nitrogens is 3. The summed E-state index contributed by atoms with van der Waals surface area (Å²) in [5.74, 6) is 1.39. The Bertz CT molecular complexity index is 1550. The van der Waals surface area contributed by atoms with Gasteiger partial charge in [-0.3, -0.25) is 9.78 Å². The molecule has 182 valence electrons. The Hall–Kier alpha value is -4.58. The minimum atomic E-state index is 0.0694. The van der Waals surface area contributed by atoms with Gasteiger partial charge >= 0.3 is 0 Å². The quantitative estimate of drug-likeness (QED) is 0.310. The van der Waals surface area contributed by atoms with Crippen LogP contribution >= 0.6 is 0 Å². The molecule has 0 radical (unpaired) electrons. The van der Waals surface area contributed by atoms with Crippen molar-refractivity contribution in [3.8, 4) is 22.5 Å². The van der Waals surface area contributed by atoms with Crippen LogP contribution < -0.4 is 5.32 Å². The number of fused-ring (bicyclic) bond motifs is 1. The van der Waals surface area contributed by atoms with Gasteiger partial charge in [0.05, 0.1) is 23.1 Å². The molecule has 0 atom stereocenters. The van der Waals surface area contributed by atoms with Gasteiger partial charge in [0.15, 0.2) is 5.82 Å². The first-order chi connectivity index (χ1) is 18.3. The molecule has 37 heavy (non-hydrogen) atoms. The summed E-state index contributed by atoms with van der Waals surface area (Å²) in [6.45, 7) is 2.17. The van der Waals surface area contributed by atoms with E-state index in [1.165, 1.54) is 0 Å². The van der Waals surface area contributed by atoms with Crippen LogP contribution in [-0.2, 0) is 6.54 Å². The van der Waals surface area contributed by atoms with Gasteiger partial charge in [0.2, 0.25) is 0 Å². The molecule has 0 spiro atoms. The third-order valence-corrected chi connectivity index (χ3v) is 6.73. The highest BCUT2D eigenvalue weighted by atomic mass is 16.2. The van der Waals surface area contributed by atoms with Crippen LogP contribution in [0.2, 0.25) is 0 Å². The first-order valence-electron chi connectivity index (χ1n) is 12.7. The second-order valence-electron chi connectivity index (χ2n) is 9.22. The minimum absolute atomic E-state index is 0.0694. The summed E-state index contributed by atoms with van der Waals surface area (Å²) in [4.78, 5) is 29.4. The highest BCUT2D eigenvalue weighted by Crippen LogP contribution is 2.34. The number of carbonyl (C=O) groups is 1. The van der Waals surface area contributed by atoms with Gasteiger partial charge in [-0.25, -0.2) is 9.97 Å². The molecular formula is C31H27N5O. The first kappa shape index (κ1) is 22.9. The van der Waals surface area contributed by atoms with Gasteiger partial charge in [-0.15, -0.1) is 0 Å². The van der Waals surface area contributed by atoms with Crippen molar-refractivity contribution in [1.82, 2.24) is 19.9 Å². The fraction of sp³-hybridized carbons (Fsp3) is 0.161. The van der Waals surface area contributed by atoms with Crippen molar-refractivity contribution in [3.05, 3.63) is 108 Å². The van der Waals surface area contributed by atoms with Crippen LogP contribution in [0.4, 0.5) is 5.82 Å². The lowest BCUT2D eigenvalue weighted by molar-refractivity contribution is 0.0793. The highest BCUT2D eigenvalue weighted by molar-refractivity contribution is 6.02. The highest BCUT2D eigenvalue weighted by Gasteiger charge is 2.20. The number of likely N-dealkylation sites (tertiary alicyclic amines) is 1. The van der Waals surface area contributed by atoms with E-state index < -0.39 is 0 Å². The average Bonchev–Trinajstić information content (AvgIpc) is 3.51. The van der Waals surface area contributed by atoms with E-state index in [0.29, 0.717) is 17.9 Å². The van der Waals surface area contributed by atoms with E-state index in [9.17, 15) is 4.79 Å². The second kappa shape index (κ2) is 10.2. The molecule has 1 amide bonds. The van der Waals surface area contributed by atoms with Crippen LogP contribution in [0.5, 0.6) is 0 Å². The lowest BCUT2D eigenvalue weighted by Crippen LogP contribution is -2.27. The summed E-state index contributed by atoms with van der Waals surface area (Å²) in [5.41, 5.74) is 5.41. The zero-order valence-corrected chi connectivity index (χ0v) is 20.5. The summed E-state index contributed by atoms with van der Waals surface area (Å²) < 4.78 is 0. The van der Waals surface area contributed by atoms with Crippen LogP contribution in [0.3, 0.4) is 0 Å². The summed E-state index contributed by atoms with van der Waals surface area (Å²) in [6.07, 6.45) is 3.92. The Morgan fingerprint density at radius 2 is 1.59 bits per heavy atom. The molecule has 0 aliphatic carbocycles. The lowest BCUT2D eigenvalue weighted by atomic mass is 10.0. The zero-order chi connectivity index (χ0) is 25.0. The molecule has 3 heterocycles. The molecule has 6 rings (SSSR count). The number of rotatable bonds is 6. The number of hydrogen-bond acceptors (Lipinski definition) is 5. The lowest BCUT2D eigenvalue weighted by Gasteiger charge is -2.16. The van der Waals surface area contributed by atoms with Crippen LogP contribution in [0, 0.1) is 0 Å². The third-order valence-electron chi connectivity index (χ3n) is 6.73. The number of amides is 1. The van der Waals surface area contributed by atoms with Gasteiger partial charge in [0, 0.05) is 30.4 Å². The van der Waals surface area contributed by atoms with Crippen molar-refractivity contribution in [1.29, 1.82) is 0 Å². The van der Waals surface area contributed by atoms with Crippen molar-refractivity contribution in [2.24, 2.45) is 0 Å². The number of anilines is 1. The number of nitrogens with zero attached hydrogens (tertiary/aromatic N) is 4. The summed E-state index contributed by atoms with van der Waals surface area (Å²) in [5, 5.41) is 4.47. The van der Waals surface area contributed by atoms with E-state index >= 15 is 0 Å². The van der Waals surface area contributed by atoms with Crippen molar-refractivity contribution >= 4 is 22.6 Å². The molecular weight excluding hydrogens is 458 g/mol. The fourth-order valence-corrected chi connectivity index (χ4v) is 4.87. The molecule has 2 aromatic heterocycles. The maximum absolute atomic E-state index is 13.0. The Morgan fingerprint density at radius 1 is 0.811 bits per heavy atom. The van der Waals surface area contributed by atoms with Gasteiger partial charge in [0.1, 0.15) is 5.82 Å². The fourth-order valence-electron chi connectivity index (χ4n) is 4.87. The number of nitrogens with one attached hydrogen (secondary N) is 1. The van der Waals surface area contributed by atoms with Crippen molar-refractivity contribution < 1.29 is 4.79 Å². The van der Waals surface area contributed by atoms with Gasteiger partial charge in [-0.1, -0.05) is 60.7 Å². The van der Waals surface area contributed by atoms with Gasteiger partial charge in [-0.05, 0) is 54.3 Å². The van der Waals surface area contributed by atoms with E-state index in [4.69, 9.17) is 9.97 Å². The summed E-state index contributed by atoms with van der Waals surface area (Å²) in [6, 6.07) is 29.9. The third kappa shape index (κ3) is 4.78. The van der Waals surface area contributed by atoms with Gasteiger partial charge in [0.25, 0.3) is 5.91 Å². The molecule has 1 saturated heterocycles. The van der Waals surface area contributed by atoms with Crippen molar-refractivity contribution in [2.75, 3.05) is 18.4 Å². The van der Waals surface area contributed by atoms with E-state index in [2.05, 4.69) is 28.5 Å². The van der Waals surface area contributed by atoms with Gasteiger partial charge in [-0.2, -0.15) is 0 Å². The van der Waals surface area contributed by atoms with Crippen LogP contribution in [0.1, 0.15) is 28.9 Å². The van der Waals surface area contributed by atoms with E-state index in [-0.39, 0.29) is 5.91 Å². The second-order valence-corrected chi connectivity index (χ2v) is 9.22. The molecule has 1 aliphatic rings. The molecule has 0 saturated carbocycles. The smallest absolute Gasteiger partial charge is 0.253 e. The van der Waals surface area contributed by atoms with E-state index in [0.717, 1.165) is 65.0 Å². The molecule has 1 fully saturated rings. The zero-order valence-electron chi connectivity index (χ0n) is 20.5. The Labute approximate surface area is 216 Å². The largest absolute Gasteiger partial charge is 0.364 e. The molecule has 0 bridgehead atoms. The normalized spacial score (nSPS) is 13.1. The predicted octanol–water partition coefficient (Wildman–Crippen LogP) is 6.21. The molecule has 6 heteroatoms. The number of benzene rings is 3. The summed E-state index contributed by atoms with van der Waals surface area (Å²) in [7, 11) is 0. The monoisotopic (exact) mass is 485 g/mol. The van der Waals surface area contributed by atoms with Crippen molar-refractivity contribution in [2.45, 2.75) is 19.4 Å². The molecule has 1 aliphatic heterocycles. The van der Waals surface area contributed by atoms with Crippen molar-refractivity contribution in [3.63, 3.8) is 0 Å². The summed E-state index contributed by atoms with van der Waals surface area (Å²) >= 11 is 0. The minimum Gasteiger partial charge on any atom is -0.364 e. The van der Waals surface area contributed by atoms with Gasteiger partial charge < -0.3 is 10.2 Å². The standard InChI is InChI=1S/C31H27N5O/c37-31(36-18-6-7-19-36)24-13-8-12-23(20-24)29-34-27-16-9-15-26(22-10-2-1-3-11-22)28(27)30(35-29)33-21-25-14-4-5-17-32-25/h1-5,8-17,20H,6-7,18-19,21H2,(H,33,34,35). The van der Waals surface area contributed by atoms with Crippen LogP contribution in [0.15, 0.2) is 97.2 Å². The Morgan fingerprint density at radius 3 is 2.41 bits per heavy atom. The average molecular weight is 486 g/mol. The number of carbonyl (C=O) groups excluding carboxylic acids is 1. The predicted molar refractivity (Wildman–Crippen MR) is 147 cm³/mol. The Kier molecular flexibility index (Phi) is 6.29. The van der Waals surface area contributed by atoms with Crippen LogP contribution in [0.25, 0.3) is 33.4 Å². The van der Waals surface area contributed by atoms with E-state index in [1.807, 2.05) is 77.7 Å². The molecule has 6 nitrogen and oxygen atoms in total. The number of hydrogen-bond donors (Lipinski definition) is 1. The van der Waals surface area contributed by atoms with E-state index in [1.54, 1.807) is 6.20 Å². The Balaban J connectivity index is 1.45. The maximum Gasteiger partial charge on any atom is 0.253 e. The maximum atomic E-state index is 13.0.